The molecule has 0 saturated heterocycles. The van der Waals surface area contributed by atoms with Gasteiger partial charge in [-0.3, -0.25) is 9.78 Å². The lowest BCUT2D eigenvalue weighted by Gasteiger charge is -2.19. The molecular formula is C19H23N3O3. The number of carbonyl (C=O) groups excluding carboxylic acids is 2. The van der Waals surface area contributed by atoms with Gasteiger partial charge in [0.05, 0.1) is 11.9 Å². The van der Waals surface area contributed by atoms with E-state index >= 15 is 0 Å². The highest BCUT2D eigenvalue weighted by Gasteiger charge is 2.21. The fourth-order valence-corrected chi connectivity index (χ4v) is 2.34. The number of carbonyl (C=O) groups is 2. The number of aryl methyl sites for hydroxylation is 2. The predicted molar refractivity (Wildman–Crippen MR) is 95.5 cm³/mol. The second-order valence-corrected chi connectivity index (χ2v) is 6.27. The summed E-state index contributed by atoms with van der Waals surface area (Å²) in [6, 6.07) is 5.87. The Morgan fingerprint density at radius 1 is 1.08 bits per heavy atom. The number of benzene rings is 1. The van der Waals surface area contributed by atoms with Crippen molar-refractivity contribution in [2.45, 2.75) is 46.6 Å². The first kappa shape index (κ1) is 18.6. The van der Waals surface area contributed by atoms with Gasteiger partial charge >= 0.3 is 5.97 Å². The molecule has 1 aromatic carbocycles. The average molecular weight is 341 g/mol. The number of anilines is 1. The van der Waals surface area contributed by atoms with Crippen LogP contribution >= 0.6 is 0 Å². The number of esters is 1. The van der Waals surface area contributed by atoms with Gasteiger partial charge in [-0.15, -0.1) is 0 Å². The topological polar surface area (TPSA) is 81.2 Å². The van der Waals surface area contributed by atoms with Gasteiger partial charge in [0.25, 0.3) is 5.91 Å². The maximum Gasteiger partial charge on any atom is 0.359 e. The summed E-state index contributed by atoms with van der Waals surface area (Å²) in [4.78, 5) is 32.5. The van der Waals surface area contributed by atoms with Crippen LogP contribution in [0, 0.1) is 13.8 Å². The maximum absolute atomic E-state index is 12.4. The molecule has 0 unspecified atom stereocenters. The first-order valence-corrected chi connectivity index (χ1v) is 8.19. The molecule has 0 bridgehead atoms. The van der Waals surface area contributed by atoms with Gasteiger partial charge in [0.1, 0.15) is 0 Å². The maximum atomic E-state index is 12.4. The van der Waals surface area contributed by atoms with Crippen LogP contribution in [0.2, 0.25) is 0 Å². The van der Waals surface area contributed by atoms with Crippen LogP contribution in [-0.2, 0) is 9.53 Å². The van der Waals surface area contributed by atoms with Crippen molar-refractivity contribution in [3.8, 4) is 0 Å². The van der Waals surface area contributed by atoms with Crippen molar-refractivity contribution in [3.05, 3.63) is 53.1 Å². The fraction of sp³-hybridized carbons (Fsp3) is 0.368. The van der Waals surface area contributed by atoms with E-state index in [9.17, 15) is 9.59 Å². The van der Waals surface area contributed by atoms with Crippen molar-refractivity contribution in [1.82, 2.24) is 9.97 Å². The van der Waals surface area contributed by atoms with Gasteiger partial charge in [-0.2, -0.15) is 0 Å². The minimum atomic E-state index is -0.949. The van der Waals surface area contributed by atoms with E-state index in [0.29, 0.717) is 5.69 Å². The summed E-state index contributed by atoms with van der Waals surface area (Å²) in [6.45, 7) is 9.35. The molecule has 0 radical (unpaired) electrons. The predicted octanol–water partition coefficient (Wildman–Crippen LogP) is 3.40. The standard InChI is InChI=1S/C19H23N3O3/c1-11(2)15-8-6-7-12(3)17(15)22-18(23)14(5)25-19(24)16-10-20-13(4)9-21-16/h6-11,14H,1-5H3,(H,22,23)/t14-/m0/s1. The highest BCUT2D eigenvalue weighted by Crippen LogP contribution is 2.27. The molecule has 1 amide bonds. The summed E-state index contributed by atoms with van der Waals surface area (Å²) in [7, 11) is 0. The number of hydrogen-bond donors (Lipinski definition) is 1. The summed E-state index contributed by atoms with van der Waals surface area (Å²) >= 11 is 0. The molecule has 0 fully saturated rings. The zero-order valence-corrected chi connectivity index (χ0v) is 15.2. The van der Waals surface area contributed by atoms with Crippen LogP contribution in [0.15, 0.2) is 30.6 Å². The highest BCUT2D eigenvalue weighted by atomic mass is 16.5. The van der Waals surface area contributed by atoms with Crippen molar-refractivity contribution in [1.29, 1.82) is 0 Å². The van der Waals surface area contributed by atoms with E-state index in [-0.39, 0.29) is 17.5 Å². The SMILES string of the molecule is Cc1cnc(C(=O)O[C@@H](C)C(=O)Nc2c(C)cccc2C(C)C)cn1. The number of para-hydroxylation sites is 1. The minimum Gasteiger partial charge on any atom is -0.448 e. The summed E-state index contributed by atoms with van der Waals surface area (Å²) in [5.41, 5.74) is 3.53. The number of ether oxygens (including phenoxy) is 1. The summed E-state index contributed by atoms with van der Waals surface area (Å²) in [6.07, 6.45) is 1.86. The quantitative estimate of drug-likeness (QED) is 0.843. The zero-order chi connectivity index (χ0) is 18.6. The van der Waals surface area contributed by atoms with E-state index in [2.05, 4.69) is 29.1 Å². The van der Waals surface area contributed by atoms with Gasteiger partial charge in [-0.25, -0.2) is 9.78 Å². The third kappa shape index (κ3) is 4.62. The van der Waals surface area contributed by atoms with E-state index in [1.54, 1.807) is 6.92 Å². The van der Waals surface area contributed by atoms with E-state index in [0.717, 1.165) is 16.8 Å². The molecule has 6 nitrogen and oxygen atoms in total. The van der Waals surface area contributed by atoms with Gasteiger partial charge in [0.2, 0.25) is 0 Å². The fourth-order valence-electron chi connectivity index (χ4n) is 2.34. The third-order valence-corrected chi connectivity index (χ3v) is 3.82. The molecule has 1 aromatic heterocycles. The molecule has 0 aliphatic heterocycles. The Balaban J connectivity index is 2.08. The molecule has 132 valence electrons. The largest absolute Gasteiger partial charge is 0.448 e. The molecule has 2 aromatic rings. The second kappa shape index (κ2) is 7.88. The summed E-state index contributed by atoms with van der Waals surface area (Å²) < 4.78 is 5.20. The van der Waals surface area contributed by atoms with Gasteiger partial charge in [0, 0.05) is 11.9 Å². The lowest BCUT2D eigenvalue weighted by atomic mass is 9.98. The van der Waals surface area contributed by atoms with Gasteiger partial charge in [-0.05, 0) is 37.8 Å². The molecular weight excluding hydrogens is 318 g/mol. The van der Waals surface area contributed by atoms with Crippen molar-refractivity contribution < 1.29 is 14.3 Å². The van der Waals surface area contributed by atoms with Crippen LogP contribution in [0.4, 0.5) is 5.69 Å². The van der Waals surface area contributed by atoms with Crippen LogP contribution in [0.3, 0.4) is 0 Å². The van der Waals surface area contributed by atoms with Crippen LogP contribution in [0.1, 0.15) is 54.0 Å². The van der Waals surface area contributed by atoms with Crippen LogP contribution in [0.25, 0.3) is 0 Å². The van der Waals surface area contributed by atoms with E-state index in [1.165, 1.54) is 19.3 Å². The van der Waals surface area contributed by atoms with Crippen molar-refractivity contribution in [2.24, 2.45) is 0 Å². The van der Waals surface area contributed by atoms with E-state index in [1.807, 2.05) is 25.1 Å². The van der Waals surface area contributed by atoms with Crippen molar-refractivity contribution in [3.63, 3.8) is 0 Å². The Hall–Kier alpha value is -2.76. The average Bonchev–Trinajstić information content (AvgIpc) is 2.56. The number of rotatable bonds is 5. The first-order chi connectivity index (χ1) is 11.8. The normalized spacial score (nSPS) is 11.9. The van der Waals surface area contributed by atoms with E-state index in [4.69, 9.17) is 4.74 Å². The second-order valence-electron chi connectivity index (χ2n) is 6.27. The lowest BCUT2D eigenvalue weighted by molar-refractivity contribution is -0.123. The van der Waals surface area contributed by atoms with Crippen LogP contribution in [0.5, 0.6) is 0 Å². The number of aromatic nitrogens is 2. The Bertz CT molecular complexity index is 770. The van der Waals surface area contributed by atoms with Crippen molar-refractivity contribution >= 4 is 17.6 Å². The Kier molecular flexibility index (Phi) is 5.85. The molecule has 6 heteroatoms. The van der Waals surface area contributed by atoms with Crippen LogP contribution in [-0.4, -0.2) is 27.9 Å². The molecule has 25 heavy (non-hydrogen) atoms. The summed E-state index contributed by atoms with van der Waals surface area (Å²) in [5.74, 6) is -0.801. The van der Waals surface area contributed by atoms with E-state index < -0.39 is 12.1 Å². The van der Waals surface area contributed by atoms with Crippen LogP contribution < -0.4 is 5.32 Å². The first-order valence-electron chi connectivity index (χ1n) is 8.19. The monoisotopic (exact) mass is 341 g/mol. The number of nitrogens with zero attached hydrogens (tertiary/aromatic N) is 2. The number of amides is 1. The van der Waals surface area contributed by atoms with Gasteiger partial charge in [0.15, 0.2) is 11.8 Å². The molecule has 0 saturated carbocycles. The van der Waals surface area contributed by atoms with Crippen molar-refractivity contribution in [2.75, 3.05) is 5.32 Å². The molecule has 1 N–H and O–H groups in total. The smallest absolute Gasteiger partial charge is 0.359 e. The number of nitrogens with one attached hydrogen (secondary N) is 1. The molecule has 0 spiro atoms. The number of hydrogen-bond acceptors (Lipinski definition) is 5. The zero-order valence-electron chi connectivity index (χ0n) is 15.2. The van der Waals surface area contributed by atoms with Gasteiger partial charge in [-0.1, -0.05) is 32.0 Å². The molecule has 1 heterocycles. The minimum absolute atomic E-state index is 0.0732. The Morgan fingerprint density at radius 3 is 2.40 bits per heavy atom. The molecule has 0 aliphatic carbocycles. The third-order valence-electron chi connectivity index (χ3n) is 3.82. The Morgan fingerprint density at radius 2 is 1.80 bits per heavy atom. The molecule has 2 rings (SSSR count). The van der Waals surface area contributed by atoms with Gasteiger partial charge < -0.3 is 10.1 Å². The molecule has 0 aliphatic rings. The molecule has 1 atom stereocenters. The highest BCUT2D eigenvalue weighted by molar-refractivity contribution is 5.97. The lowest BCUT2D eigenvalue weighted by Crippen LogP contribution is -2.31. The summed E-state index contributed by atoms with van der Waals surface area (Å²) in [5, 5.41) is 2.87. The Labute approximate surface area is 147 Å².